The van der Waals surface area contributed by atoms with E-state index in [4.69, 9.17) is 11.6 Å². The molecule has 37 heavy (non-hydrogen) atoms. The third-order valence-electron chi connectivity index (χ3n) is 6.29. The number of carbonyl (C=O) groups is 2. The summed E-state index contributed by atoms with van der Waals surface area (Å²) < 4.78 is 28.7. The smallest absolute Gasteiger partial charge is 0.264 e. The van der Waals surface area contributed by atoms with Crippen molar-refractivity contribution in [2.24, 2.45) is 0 Å². The normalized spacial score (nSPS) is 12.0. The third-order valence-corrected chi connectivity index (χ3v) is 8.33. The predicted octanol–water partition coefficient (Wildman–Crippen LogP) is 4.71. The van der Waals surface area contributed by atoms with Gasteiger partial charge in [0.05, 0.1) is 10.6 Å². The van der Waals surface area contributed by atoms with Crippen LogP contribution < -0.4 is 9.62 Å². The van der Waals surface area contributed by atoms with E-state index in [0.717, 1.165) is 21.0 Å². The molecule has 1 N–H and O–H groups in total. The standard InChI is InChI=1S/C28H32ClN3O4S/c1-5-26(28(34)30-4)31(18-22-12-14-23(29)15-13-22)27(33)19-32(24-16-11-20(2)21(3)17-24)37(35,36)25-9-7-6-8-10-25/h6-17,26H,5,18-19H2,1-4H3,(H,30,34)/t26-/m1/s1. The highest BCUT2D eigenvalue weighted by Gasteiger charge is 2.33. The van der Waals surface area contributed by atoms with Gasteiger partial charge in [0.25, 0.3) is 10.0 Å². The van der Waals surface area contributed by atoms with Gasteiger partial charge in [0.1, 0.15) is 12.6 Å². The number of nitrogens with zero attached hydrogens (tertiary/aromatic N) is 2. The molecule has 9 heteroatoms. The summed E-state index contributed by atoms with van der Waals surface area (Å²) in [6, 6.07) is 19.5. The van der Waals surface area contributed by atoms with Crippen LogP contribution in [0.1, 0.15) is 30.0 Å². The van der Waals surface area contributed by atoms with Crippen LogP contribution in [-0.2, 0) is 26.2 Å². The summed E-state index contributed by atoms with van der Waals surface area (Å²) >= 11 is 6.02. The molecule has 0 aromatic heterocycles. The Bertz CT molecular complexity index is 1350. The van der Waals surface area contributed by atoms with Crippen LogP contribution in [0.15, 0.2) is 77.7 Å². The number of rotatable bonds is 10. The van der Waals surface area contributed by atoms with Crippen LogP contribution in [0.2, 0.25) is 5.02 Å². The topological polar surface area (TPSA) is 86.8 Å². The average Bonchev–Trinajstić information content (AvgIpc) is 2.90. The number of hydrogen-bond acceptors (Lipinski definition) is 4. The Morgan fingerprint density at radius 1 is 0.946 bits per heavy atom. The van der Waals surface area contributed by atoms with Crippen molar-refractivity contribution in [3.63, 3.8) is 0 Å². The SMILES string of the molecule is CC[C@H](C(=O)NC)N(Cc1ccc(Cl)cc1)C(=O)CN(c1ccc(C)c(C)c1)S(=O)(=O)c1ccccc1. The van der Waals surface area contributed by atoms with E-state index in [-0.39, 0.29) is 17.3 Å². The number of nitrogens with one attached hydrogen (secondary N) is 1. The van der Waals surface area contributed by atoms with Crippen molar-refractivity contribution in [3.8, 4) is 0 Å². The lowest BCUT2D eigenvalue weighted by Gasteiger charge is -2.33. The molecule has 7 nitrogen and oxygen atoms in total. The lowest BCUT2D eigenvalue weighted by Crippen LogP contribution is -2.51. The number of halogens is 1. The number of likely N-dealkylation sites (N-methyl/N-ethyl adjacent to an activating group) is 1. The Hall–Kier alpha value is -3.36. The maximum atomic E-state index is 13.9. The van der Waals surface area contributed by atoms with Crippen LogP contribution in [0.4, 0.5) is 5.69 Å². The molecule has 3 rings (SSSR count). The van der Waals surface area contributed by atoms with E-state index in [9.17, 15) is 18.0 Å². The Labute approximate surface area is 224 Å². The second-order valence-electron chi connectivity index (χ2n) is 8.78. The van der Waals surface area contributed by atoms with Gasteiger partial charge >= 0.3 is 0 Å². The molecule has 0 aliphatic rings. The van der Waals surface area contributed by atoms with E-state index in [1.807, 2.05) is 26.8 Å². The summed E-state index contributed by atoms with van der Waals surface area (Å²) in [5.41, 5.74) is 3.04. The van der Waals surface area contributed by atoms with Crippen molar-refractivity contribution >= 4 is 39.1 Å². The van der Waals surface area contributed by atoms with Gasteiger partial charge in [-0.2, -0.15) is 0 Å². The van der Waals surface area contributed by atoms with Crippen LogP contribution in [0.5, 0.6) is 0 Å². The molecule has 0 aliphatic heterocycles. The highest BCUT2D eigenvalue weighted by Crippen LogP contribution is 2.26. The van der Waals surface area contributed by atoms with Crippen molar-refractivity contribution in [1.29, 1.82) is 0 Å². The van der Waals surface area contributed by atoms with Crippen LogP contribution in [-0.4, -0.2) is 44.8 Å². The van der Waals surface area contributed by atoms with Crippen molar-refractivity contribution in [1.82, 2.24) is 10.2 Å². The molecule has 0 spiro atoms. The largest absolute Gasteiger partial charge is 0.357 e. The van der Waals surface area contributed by atoms with Gasteiger partial charge in [-0.05, 0) is 73.4 Å². The molecule has 1 atom stereocenters. The van der Waals surface area contributed by atoms with Gasteiger partial charge in [0.2, 0.25) is 11.8 Å². The lowest BCUT2D eigenvalue weighted by atomic mass is 10.1. The molecule has 0 heterocycles. The van der Waals surface area contributed by atoms with E-state index in [2.05, 4.69) is 5.32 Å². The maximum absolute atomic E-state index is 13.9. The number of sulfonamides is 1. The molecule has 0 bridgehead atoms. The zero-order chi connectivity index (χ0) is 27.2. The summed E-state index contributed by atoms with van der Waals surface area (Å²) in [4.78, 5) is 28.1. The fourth-order valence-corrected chi connectivity index (χ4v) is 5.55. The monoisotopic (exact) mass is 541 g/mol. The van der Waals surface area contributed by atoms with E-state index in [1.165, 1.54) is 24.1 Å². The number of hydrogen-bond donors (Lipinski definition) is 1. The number of aryl methyl sites for hydroxylation is 2. The summed E-state index contributed by atoms with van der Waals surface area (Å²) in [5.74, 6) is -0.823. The van der Waals surface area contributed by atoms with Gasteiger partial charge in [-0.25, -0.2) is 8.42 Å². The minimum atomic E-state index is -4.08. The summed E-state index contributed by atoms with van der Waals surface area (Å²) in [7, 11) is -2.57. The second kappa shape index (κ2) is 12.3. The molecule has 0 saturated carbocycles. The quantitative estimate of drug-likeness (QED) is 0.403. The fraction of sp³-hybridized carbons (Fsp3) is 0.286. The Kier molecular flexibility index (Phi) is 9.34. The molecule has 0 aliphatic carbocycles. The number of anilines is 1. The van der Waals surface area contributed by atoms with Crippen molar-refractivity contribution < 1.29 is 18.0 Å². The van der Waals surface area contributed by atoms with Gasteiger partial charge in [0, 0.05) is 18.6 Å². The summed E-state index contributed by atoms with van der Waals surface area (Å²) in [6.45, 7) is 5.28. The molecule has 3 aromatic rings. The highest BCUT2D eigenvalue weighted by atomic mass is 35.5. The van der Waals surface area contributed by atoms with Crippen LogP contribution in [0.25, 0.3) is 0 Å². The predicted molar refractivity (Wildman–Crippen MR) is 147 cm³/mol. The molecule has 0 saturated heterocycles. The van der Waals surface area contributed by atoms with E-state index in [1.54, 1.807) is 54.6 Å². The van der Waals surface area contributed by atoms with Crippen LogP contribution >= 0.6 is 11.6 Å². The molecular weight excluding hydrogens is 510 g/mol. The van der Waals surface area contributed by atoms with Gasteiger partial charge in [-0.1, -0.05) is 54.9 Å². The van der Waals surface area contributed by atoms with Crippen molar-refractivity contribution in [2.45, 2.75) is 44.7 Å². The number of amides is 2. The summed E-state index contributed by atoms with van der Waals surface area (Å²) in [6.07, 6.45) is 0.355. The van der Waals surface area contributed by atoms with Gasteiger partial charge < -0.3 is 10.2 Å². The van der Waals surface area contributed by atoms with Crippen LogP contribution in [0.3, 0.4) is 0 Å². The Morgan fingerprint density at radius 3 is 2.16 bits per heavy atom. The van der Waals surface area contributed by atoms with Crippen molar-refractivity contribution in [2.75, 3.05) is 17.9 Å². The molecule has 3 aromatic carbocycles. The Balaban J connectivity index is 2.06. The van der Waals surface area contributed by atoms with Crippen molar-refractivity contribution in [3.05, 3.63) is 94.5 Å². The minimum Gasteiger partial charge on any atom is -0.357 e. The van der Waals surface area contributed by atoms with E-state index in [0.29, 0.717) is 17.1 Å². The zero-order valence-electron chi connectivity index (χ0n) is 21.4. The van der Waals surface area contributed by atoms with Gasteiger partial charge in [-0.3, -0.25) is 13.9 Å². The maximum Gasteiger partial charge on any atom is 0.264 e. The minimum absolute atomic E-state index is 0.0728. The molecule has 196 valence electrons. The highest BCUT2D eigenvalue weighted by molar-refractivity contribution is 7.92. The van der Waals surface area contributed by atoms with Gasteiger partial charge in [-0.15, -0.1) is 0 Å². The van der Waals surface area contributed by atoms with E-state index < -0.39 is 28.5 Å². The first-order valence-electron chi connectivity index (χ1n) is 12.0. The first-order valence-corrected chi connectivity index (χ1v) is 13.8. The average molecular weight is 542 g/mol. The molecule has 0 unspecified atom stereocenters. The third kappa shape index (κ3) is 6.70. The Morgan fingerprint density at radius 2 is 1.59 bits per heavy atom. The molecular formula is C28H32ClN3O4S. The fourth-order valence-electron chi connectivity index (χ4n) is 4.00. The summed E-state index contributed by atoms with van der Waals surface area (Å²) in [5, 5.41) is 3.17. The van der Waals surface area contributed by atoms with Crippen LogP contribution in [0, 0.1) is 13.8 Å². The zero-order valence-corrected chi connectivity index (χ0v) is 23.0. The molecule has 0 radical (unpaired) electrons. The first-order chi connectivity index (χ1) is 17.6. The second-order valence-corrected chi connectivity index (χ2v) is 11.1. The molecule has 0 fully saturated rings. The molecule has 2 amide bonds. The lowest BCUT2D eigenvalue weighted by molar-refractivity contribution is -0.140. The number of carbonyl (C=O) groups excluding carboxylic acids is 2. The number of benzene rings is 3. The van der Waals surface area contributed by atoms with E-state index >= 15 is 0 Å². The first kappa shape index (κ1) is 28.2. The van der Waals surface area contributed by atoms with Gasteiger partial charge in [0.15, 0.2) is 0 Å².